The Balaban J connectivity index is 1.44. The van der Waals surface area contributed by atoms with Gasteiger partial charge in [-0.25, -0.2) is 0 Å². The van der Waals surface area contributed by atoms with Gasteiger partial charge in [0.1, 0.15) is 5.75 Å². The predicted octanol–water partition coefficient (Wildman–Crippen LogP) is 5.23. The fraction of sp³-hybridized carbons (Fsp3) is 0.355. The first-order chi connectivity index (χ1) is 19.5. The number of nitrogen functional groups attached to an aromatic ring is 1. The normalized spacial score (nSPS) is 23.6. The molecule has 8 nitrogen and oxygen atoms in total. The van der Waals surface area contributed by atoms with Crippen LogP contribution in [0, 0.1) is 5.92 Å². The molecular weight excluding hydrogens is 541 g/mol. The van der Waals surface area contributed by atoms with Crippen LogP contribution in [0.15, 0.2) is 66.7 Å². The maximum atomic E-state index is 15.7. The number of ether oxygens (including phenoxy) is 2. The van der Waals surface area contributed by atoms with Gasteiger partial charge in [0.05, 0.1) is 25.4 Å². The number of halogens is 1. The summed E-state index contributed by atoms with van der Waals surface area (Å²) >= 11 is 0. The minimum Gasteiger partial charge on any atom is -0.497 e. The molecule has 2 heterocycles. The lowest BCUT2D eigenvalue weighted by Crippen LogP contribution is -2.45. The number of benzene rings is 3. The largest absolute Gasteiger partial charge is 0.497 e. The van der Waals surface area contributed by atoms with Crippen LogP contribution in [0.5, 0.6) is 5.75 Å². The van der Waals surface area contributed by atoms with Crippen LogP contribution in [0.4, 0.5) is 21.2 Å². The number of hydrogen-bond donors (Lipinski definition) is 3. The van der Waals surface area contributed by atoms with Gasteiger partial charge in [0, 0.05) is 40.6 Å². The SMILES string of the molecule is COc1ccc2c(c1)[C@@]1(O[C@H](CCO)[C@@H]([Si](C)(C)F)[C@@H]1C)C(=O)N2Cc1ccc(NC(=O)c2ccc(N)cc2)cc1. The van der Waals surface area contributed by atoms with E-state index in [4.69, 9.17) is 15.2 Å². The van der Waals surface area contributed by atoms with Gasteiger partial charge in [-0.05, 0) is 79.7 Å². The number of anilines is 3. The summed E-state index contributed by atoms with van der Waals surface area (Å²) in [4.78, 5) is 28.6. The topological polar surface area (TPSA) is 114 Å². The van der Waals surface area contributed by atoms with E-state index >= 15 is 4.11 Å². The van der Waals surface area contributed by atoms with Crippen molar-refractivity contribution in [3.05, 3.63) is 83.4 Å². The summed E-state index contributed by atoms with van der Waals surface area (Å²) < 4.78 is 27.7. The second kappa shape index (κ2) is 10.9. The number of nitrogens with zero attached hydrogens (tertiary/aromatic N) is 1. The molecule has 4 atom stereocenters. The van der Waals surface area contributed by atoms with Crippen molar-refractivity contribution in [3.63, 3.8) is 0 Å². The Morgan fingerprint density at radius 3 is 2.44 bits per heavy atom. The number of carbonyl (C=O) groups is 2. The number of carbonyl (C=O) groups excluding carboxylic acids is 2. The molecule has 5 rings (SSSR count). The Bertz CT molecular complexity index is 1440. The van der Waals surface area contributed by atoms with Crippen molar-refractivity contribution in [3.8, 4) is 5.75 Å². The van der Waals surface area contributed by atoms with Crippen molar-refractivity contribution in [1.82, 2.24) is 0 Å². The average Bonchev–Trinajstić information content (AvgIpc) is 3.36. The molecule has 10 heteroatoms. The van der Waals surface area contributed by atoms with Crippen LogP contribution >= 0.6 is 0 Å². The number of nitrogens with two attached hydrogens (primary N) is 1. The lowest BCUT2D eigenvalue weighted by molar-refractivity contribution is -0.146. The molecule has 2 aliphatic heterocycles. The van der Waals surface area contributed by atoms with Crippen LogP contribution in [-0.2, 0) is 21.7 Å². The third-order valence-electron chi connectivity index (χ3n) is 8.31. The lowest BCUT2D eigenvalue weighted by atomic mass is 9.82. The molecule has 1 saturated heterocycles. The van der Waals surface area contributed by atoms with Crippen molar-refractivity contribution >= 4 is 37.3 Å². The number of methoxy groups -OCH3 is 1. The second-order valence-electron chi connectivity index (χ2n) is 11.3. The van der Waals surface area contributed by atoms with Gasteiger partial charge in [-0.2, -0.15) is 0 Å². The van der Waals surface area contributed by atoms with Gasteiger partial charge >= 0.3 is 0 Å². The first-order valence-electron chi connectivity index (χ1n) is 13.7. The molecule has 4 N–H and O–H groups in total. The zero-order chi connectivity index (χ0) is 29.5. The third kappa shape index (κ3) is 5.11. The van der Waals surface area contributed by atoms with E-state index in [1.54, 1.807) is 67.6 Å². The first kappa shape index (κ1) is 28.8. The molecule has 3 aromatic rings. The Kier molecular flexibility index (Phi) is 7.67. The molecule has 0 unspecified atom stereocenters. The monoisotopic (exact) mass is 577 g/mol. The molecule has 1 spiro atoms. The van der Waals surface area contributed by atoms with E-state index in [1.165, 1.54) is 0 Å². The van der Waals surface area contributed by atoms with Crippen LogP contribution in [0.1, 0.15) is 34.8 Å². The molecule has 216 valence electrons. The molecule has 0 aromatic heterocycles. The zero-order valence-electron chi connectivity index (χ0n) is 23.7. The molecule has 1 fully saturated rings. The van der Waals surface area contributed by atoms with Crippen molar-refractivity contribution in [2.24, 2.45) is 5.92 Å². The number of fused-ring (bicyclic) bond motifs is 2. The number of amides is 2. The van der Waals surface area contributed by atoms with Gasteiger partial charge in [0.15, 0.2) is 5.60 Å². The van der Waals surface area contributed by atoms with Crippen LogP contribution in [0.2, 0.25) is 18.6 Å². The summed E-state index contributed by atoms with van der Waals surface area (Å²) in [6.45, 7) is 5.27. The van der Waals surface area contributed by atoms with Gasteiger partial charge in [0.25, 0.3) is 11.8 Å². The van der Waals surface area contributed by atoms with E-state index in [2.05, 4.69) is 5.32 Å². The molecule has 0 radical (unpaired) electrons. The van der Waals surface area contributed by atoms with Crippen LogP contribution in [-0.4, -0.2) is 45.1 Å². The molecule has 0 saturated carbocycles. The highest BCUT2D eigenvalue weighted by atomic mass is 28.4. The van der Waals surface area contributed by atoms with Crippen molar-refractivity contribution in [2.75, 3.05) is 29.7 Å². The van der Waals surface area contributed by atoms with E-state index in [-0.39, 0.29) is 31.4 Å². The van der Waals surface area contributed by atoms with Crippen molar-refractivity contribution in [1.29, 1.82) is 0 Å². The van der Waals surface area contributed by atoms with Gasteiger partial charge in [-0.1, -0.05) is 19.1 Å². The molecule has 2 amide bonds. The second-order valence-corrected chi connectivity index (χ2v) is 15.1. The molecule has 2 aliphatic rings. The Morgan fingerprint density at radius 1 is 1.15 bits per heavy atom. The summed E-state index contributed by atoms with van der Waals surface area (Å²) in [5, 5.41) is 12.6. The van der Waals surface area contributed by atoms with Gasteiger partial charge < -0.3 is 34.6 Å². The highest BCUT2D eigenvalue weighted by Gasteiger charge is 2.66. The minimum absolute atomic E-state index is 0.154. The summed E-state index contributed by atoms with van der Waals surface area (Å²) in [5.41, 5.74) is 7.73. The summed E-state index contributed by atoms with van der Waals surface area (Å²) in [7, 11) is -1.72. The third-order valence-corrected chi connectivity index (χ3v) is 10.8. The van der Waals surface area contributed by atoms with Crippen LogP contribution in [0.3, 0.4) is 0 Å². The Hall–Kier alpha value is -3.73. The summed E-state index contributed by atoms with van der Waals surface area (Å²) in [5.74, 6) is -0.373. The van der Waals surface area contributed by atoms with E-state index < -0.39 is 31.6 Å². The predicted molar refractivity (Wildman–Crippen MR) is 159 cm³/mol. The molecular formula is C31H36FN3O5Si. The van der Waals surface area contributed by atoms with E-state index in [0.717, 1.165) is 5.56 Å². The number of aliphatic hydroxyl groups excluding tert-OH is 1. The van der Waals surface area contributed by atoms with Gasteiger partial charge in [0.2, 0.25) is 8.41 Å². The Labute approximate surface area is 240 Å². The van der Waals surface area contributed by atoms with Crippen molar-refractivity contribution in [2.45, 2.75) is 50.2 Å². The summed E-state index contributed by atoms with van der Waals surface area (Å²) in [6.07, 6.45) is -0.318. The molecule has 3 aromatic carbocycles. The number of rotatable bonds is 8. The summed E-state index contributed by atoms with van der Waals surface area (Å²) in [6, 6.07) is 19.4. The molecule has 0 bridgehead atoms. The van der Waals surface area contributed by atoms with Gasteiger partial charge in [-0.15, -0.1) is 0 Å². The fourth-order valence-electron chi connectivity index (χ4n) is 6.42. The van der Waals surface area contributed by atoms with Gasteiger partial charge in [-0.3, -0.25) is 9.59 Å². The molecule has 41 heavy (non-hydrogen) atoms. The highest BCUT2D eigenvalue weighted by Crippen LogP contribution is 2.60. The maximum Gasteiger partial charge on any atom is 0.264 e. The van der Waals surface area contributed by atoms with Crippen LogP contribution in [0.25, 0.3) is 0 Å². The highest BCUT2D eigenvalue weighted by molar-refractivity contribution is 6.72. The Morgan fingerprint density at radius 2 is 1.83 bits per heavy atom. The van der Waals surface area contributed by atoms with E-state index in [9.17, 15) is 14.7 Å². The zero-order valence-corrected chi connectivity index (χ0v) is 24.7. The number of hydrogen-bond acceptors (Lipinski definition) is 6. The van der Waals surface area contributed by atoms with E-state index in [0.29, 0.717) is 33.9 Å². The first-order valence-corrected chi connectivity index (χ1v) is 16.7. The van der Waals surface area contributed by atoms with Crippen molar-refractivity contribution < 1.29 is 28.3 Å². The quantitative estimate of drug-likeness (QED) is 0.192. The average molecular weight is 578 g/mol. The van der Waals surface area contributed by atoms with Crippen LogP contribution < -0.4 is 20.7 Å². The smallest absolute Gasteiger partial charge is 0.264 e. The maximum absolute atomic E-state index is 15.7. The molecule has 0 aliphatic carbocycles. The van der Waals surface area contributed by atoms with E-state index in [1.807, 2.05) is 31.2 Å². The number of nitrogens with one attached hydrogen (secondary N) is 1. The minimum atomic E-state index is -3.28. The lowest BCUT2D eigenvalue weighted by Gasteiger charge is -2.31. The fourth-order valence-corrected chi connectivity index (χ4v) is 8.96. The number of aliphatic hydroxyl groups is 1. The standard InChI is InChI=1S/C31H36FN3O5Si/c1-19-28(41(3,4)32)27(15-16-36)40-31(19)25-17-24(39-2)13-14-26(25)35(30(31)38)18-20-5-11-23(12-6-20)34-29(37)21-7-9-22(33)10-8-21/h5-14,17,19,27-28,36H,15-16,18,33H2,1-4H3,(H,34,37)/t19-,27+,28-,31+/m0/s1.